The van der Waals surface area contributed by atoms with Gasteiger partial charge in [-0.3, -0.25) is 0 Å². The molecule has 7 heteroatoms. The van der Waals surface area contributed by atoms with Gasteiger partial charge in [0.15, 0.2) is 0 Å². The molecule has 0 spiro atoms. The minimum atomic E-state index is -1.37. The quantitative estimate of drug-likeness (QED) is 0.427. The Balaban J connectivity index is 2.09. The molecular weight excluding hydrogens is 254 g/mol. The summed E-state index contributed by atoms with van der Waals surface area (Å²) in [5, 5.41) is 37.5. The molecule has 6 N–H and O–H groups in total. The zero-order chi connectivity index (χ0) is 14.0. The molecule has 1 aromatic rings. The van der Waals surface area contributed by atoms with Crippen molar-refractivity contribution in [2.24, 2.45) is 0 Å². The fraction of sp³-hybridized carbons (Fsp3) is 0.500. The molecule has 1 heterocycles. The number of aliphatic hydroxyl groups is 4. The van der Waals surface area contributed by atoms with E-state index in [-0.39, 0.29) is 24.7 Å². The molecule has 0 unspecified atom stereocenters. The molecule has 0 aromatic heterocycles. The lowest BCUT2D eigenvalue weighted by atomic mass is 10.1. The maximum atomic E-state index is 9.72. The maximum absolute atomic E-state index is 9.72. The van der Waals surface area contributed by atoms with E-state index < -0.39 is 24.6 Å². The van der Waals surface area contributed by atoms with Gasteiger partial charge in [0, 0.05) is 0 Å². The van der Waals surface area contributed by atoms with Crippen molar-refractivity contribution in [1.82, 2.24) is 0 Å². The molecule has 7 nitrogen and oxygen atoms in total. The predicted octanol–water partition coefficient (Wildman–Crippen LogP) is -1.42. The Hall–Kier alpha value is -1.38. The second-order valence-corrected chi connectivity index (χ2v) is 4.40. The van der Waals surface area contributed by atoms with Gasteiger partial charge >= 0.3 is 0 Å². The third-order valence-electron chi connectivity index (χ3n) is 2.95. The van der Waals surface area contributed by atoms with Gasteiger partial charge in [-0.15, -0.1) is 0 Å². The van der Waals surface area contributed by atoms with Crippen LogP contribution in [0.1, 0.15) is 5.56 Å². The van der Waals surface area contributed by atoms with Crippen molar-refractivity contribution in [1.29, 1.82) is 0 Å². The number of benzene rings is 1. The number of hydrogen-bond donors (Lipinski definition) is 5. The Kier molecular flexibility index (Phi) is 4.23. The summed E-state index contributed by atoms with van der Waals surface area (Å²) in [6.07, 6.45) is -4.97. The number of anilines is 1. The monoisotopic (exact) mass is 271 g/mol. The van der Waals surface area contributed by atoms with Crippen molar-refractivity contribution in [2.45, 2.75) is 31.2 Å². The molecule has 0 saturated carbocycles. The summed E-state index contributed by atoms with van der Waals surface area (Å²) in [6, 6.07) is 4.69. The smallest absolute Gasteiger partial charge is 0.228 e. The first-order valence-corrected chi connectivity index (χ1v) is 5.84. The zero-order valence-corrected chi connectivity index (χ0v) is 10.1. The van der Waals surface area contributed by atoms with E-state index in [9.17, 15) is 15.3 Å². The fourth-order valence-corrected chi connectivity index (χ4v) is 1.81. The highest BCUT2D eigenvalue weighted by Gasteiger charge is 2.39. The Labute approximate surface area is 109 Å². The van der Waals surface area contributed by atoms with Gasteiger partial charge in [-0.1, -0.05) is 6.07 Å². The van der Waals surface area contributed by atoms with Crippen LogP contribution in [0.25, 0.3) is 0 Å². The molecule has 2 rings (SSSR count). The standard InChI is InChI=1S/C12H17NO6/c13-7-3-6(4-14)1-2-9(7)19-12-11(17)10(16)8(15)5-18-12/h1-3,8,10-12,14-17H,4-5,13H2/t8-,10+,11-,12+/m1/s1. The van der Waals surface area contributed by atoms with E-state index in [0.29, 0.717) is 5.56 Å². The minimum Gasteiger partial charge on any atom is -0.460 e. The molecule has 1 fully saturated rings. The van der Waals surface area contributed by atoms with E-state index in [1.165, 1.54) is 12.1 Å². The first-order valence-electron chi connectivity index (χ1n) is 5.84. The highest BCUT2D eigenvalue weighted by atomic mass is 16.7. The number of ether oxygens (including phenoxy) is 2. The van der Waals surface area contributed by atoms with Crippen LogP contribution in [0.15, 0.2) is 18.2 Å². The summed E-state index contributed by atoms with van der Waals surface area (Å²) in [7, 11) is 0. The van der Waals surface area contributed by atoms with Gasteiger partial charge < -0.3 is 35.6 Å². The third-order valence-corrected chi connectivity index (χ3v) is 2.95. The number of aliphatic hydroxyl groups excluding tert-OH is 4. The van der Waals surface area contributed by atoms with Gasteiger partial charge in [0.2, 0.25) is 6.29 Å². The van der Waals surface area contributed by atoms with Gasteiger partial charge in [0.25, 0.3) is 0 Å². The van der Waals surface area contributed by atoms with Crippen molar-refractivity contribution in [3.05, 3.63) is 23.8 Å². The van der Waals surface area contributed by atoms with E-state index in [4.69, 9.17) is 20.3 Å². The first-order chi connectivity index (χ1) is 9.02. The average molecular weight is 271 g/mol. The van der Waals surface area contributed by atoms with Gasteiger partial charge in [0.05, 0.1) is 18.9 Å². The van der Waals surface area contributed by atoms with Crippen LogP contribution >= 0.6 is 0 Å². The lowest BCUT2D eigenvalue weighted by Crippen LogP contribution is -2.54. The van der Waals surface area contributed by atoms with E-state index in [2.05, 4.69) is 0 Å². The van der Waals surface area contributed by atoms with Crippen LogP contribution in [0, 0.1) is 0 Å². The number of nitrogens with two attached hydrogens (primary N) is 1. The van der Waals surface area contributed by atoms with E-state index >= 15 is 0 Å². The molecule has 1 aliphatic heterocycles. The highest BCUT2D eigenvalue weighted by molar-refractivity contribution is 5.54. The molecule has 0 bridgehead atoms. The molecular formula is C12H17NO6. The summed E-state index contributed by atoms with van der Waals surface area (Å²) in [6.45, 7) is -0.282. The van der Waals surface area contributed by atoms with Crippen molar-refractivity contribution in [2.75, 3.05) is 12.3 Å². The predicted molar refractivity (Wildman–Crippen MR) is 65.2 cm³/mol. The second-order valence-electron chi connectivity index (χ2n) is 4.40. The average Bonchev–Trinajstić information content (AvgIpc) is 2.41. The molecule has 0 amide bonds. The lowest BCUT2D eigenvalue weighted by Gasteiger charge is -2.35. The van der Waals surface area contributed by atoms with Crippen LogP contribution in [0.2, 0.25) is 0 Å². The Morgan fingerprint density at radius 1 is 1.26 bits per heavy atom. The summed E-state index contributed by atoms with van der Waals surface area (Å²) in [5.74, 6) is 0.268. The van der Waals surface area contributed by atoms with Gasteiger partial charge in [-0.2, -0.15) is 0 Å². The lowest BCUT2D eigenvalue weighted by molar-refractivity contribution is -0.241. The summed E-state index contributed by atoms with van der Waals surface area (Å²) in [4.78, 5) is 0. The Morgan fingerprint density at radius 2 is 2.00 bits per heavy atom. The van der Waals surface area contributed by atoms with Crippen molar-refractivity contribution < 1.29 is 29.9 Å². The molecule has 19 heavy (non-hydrogen) atoms. The molecule has 0 radical (unpaired) electrons. The van der Waals surface area contributed by atoms with E-state index in [1.807, 2.05) is 0 Å². The fourth-order valence-electron chi connectivity index (χ4n) is 1.81. The van der Waals surface area contributed by atoms with Crippen LogP contribution in [-0.4, -0.2) is 51.6 Å². The molecule has 1 aromatic carbocycles. The number of rotatable bonds is 3. The van der Waals surface area contributed by atoms with Crippen LogP contribution in [-0.2, 0) is 11.3 Å². The number of nitrogen functional groups attached to an aromatic ring is 1. The summed E-state index contributed by atoms with van der Waals surface area (Å²) in [5.41, 5.74) is 6.65. The topological polar surface area (TPSA) is 125 Å². The molecule has 106 valence electrons. The van der Waals surface area contributed by atoms with Crippen LogP contribution < -0.4 is 10.5 Å². The van der Waals surface area contributed by atoms with Crippen LogP contribution in [0.3, 0.4) is 0 Å². The van der Waals surface area contributed by atoms with E-state index in [1.54, 1.807) is 6.07 Å². The largest absolute Gasteiger partial charge is 0.460 e. The van der Waals surface area contributed by atoms with Gasteiger partial charge in [-0.25, -0.2) is 0 Å². The molecule has 1 saturated heterocycles. The van der Waals surface area contributed by atoms with Crippen LogP contribution in [0.5, 0.6) is 5.75 Å². The Bertz CT molecular complexity index is 440. The van der Waals surface area contributed by atoms with E-state index in [0.717, 1.165) is 0 Å². The molecule has 0 aliphatic carbocycles. The summed E-state index contributed by atoms with van der Waals surface area (Å²) >= 11 is 0. The maximum Gasteiger partial charge on any atom is 0.228 e. The highest BCUT2D eigenvalue weighted by Crippen LogP contribution is 2.26. The first kappa shape index (κ1) is 14.0. The van der Waals surface area contributed by atoms with Crippen molar-refractivity contribution in [3.63, 3.8) is 0 Å². The summed E-state index contributed by atoms with van der Waals surface area (Å²) < 4.78 is 10.5. The SMILES string of the molecule is Nc1cc(CO)ccc1O[C@@H]1OC[C@@H](O)[C@H](O)[C@H]1O. The van der Waals surface area contributed by atoms with Gasteiger partial charge in [0.1, 0.15) is 24.1 Å². The molecule has 4 atom stereocenters. The number of hydrogen-bond acceptors (Lipinski definition) is 7. The zero-order valence-electron chi connectivity index (χ0n) is 10.1. The Morgan fingerprint density at radius 3 is 2.63 bits per heavy atom. The van der Waals surface area contributed by atoms with Crippen molar-refractivity contribution in [3.8, 4) is 5.75 Å². The van der Waals surface area contributed by atoms with Crippen molar-refractivity contribution >= 4 is 5.69 Å². The van der Waals surface area contributed by atoms with Gasteiger partial charge in [-0.05, 0) is 17.7 Å². The minimum absolute atomic E-state index is 0.141. The molecule has 1 aliphatic rings. The second kappa shape index (κ2) is 5.72. The van der Waals surface area contributed by atoms with Crippen LogP contribution in [0.4, 0.5) is 5.69 Å². The third kappa shape index (κ3) is 2.96. The normalized spacial score (nSPS) is 31.2.